The Hall–Kier alpha value is -2.20. The SMILES string of the molecule is C=CCc1c(C)nc(C)c(C(=O)Nc2cccc(Cl)c2C)c1F. The van der Waals surface area contributed by atoms with Crippen molar-refractivity contribution in [3.63, 3.8) is 0 Å². The first kappa shape index (κ1) is 17.2. The maximum absolute atomic E-state index is 14.7. The number of aromatic nitrogens is 1. The lowest BCUT2D eigenvalue weighted by Crippen LogP contribution is -2.19. The predicted molar refractivity (Wildman–Crippen MR) is 91.7 cm³/mol. The molecule has 23 heavy (non-hydrogen) atoms. The Bertz CT molecular complexity index is 787. The molecule has 2 rings (SSSR count). The van der Waals surface area contributed by atoms with Crippen LogP contribution >= 0.6 is 11.6 Å². The van der Waals surface area contributed by atoms with Gasteiger partial charge in [-0.05, 0) is 44.9 Å². The van der Waals surface area contributed by atoms with Crippen molar-refractivity contribution in [2.24, 2.45) is 0 Å². The standard InChI is InChI=1S/C18H18ClFN2O/c1-5-7-13-11(3)21-12(4)16(17(13)20)18(23)22-15-9-6-8-14(19)10(15)2/h5-6,8-9H,1,7H2,2-4H3,(H,22,23). The van der Waals surface area contributed by atoms with E-state index in [2.05, 4.69) is 16.9 Å². The molecule has 0 aliphatic carbocycles. The second-order valence-electron chi connectivity index (χ2n) is 5.31. The van der Waals surface area contributed by atoms with Gasteiger partial charge in [0.05, 0.1) is 11.3 Å². The van der Waals surface area contributed by atoms with Gasteiger partial charge in [0.1, 0.15) is 5.82 Å². The van der Waals surface area contributed by atoms with Crippen LogP contribution in [0, 0.1) is 26.6 Å². The van der Waals surface area contributed by atoms with Gasteiger partial charge >= 0.3 is 0 Å². The average molecular weight is 333 g/mol. The van der Waals surface area contributed by atoms with Gasteiger partial charge in [-0.25, -0.2) is 4.39 Å². The number of nitrogens with zero attached hydrogens (tertiary/aromatic N) is 1. The van der Waals surface area contributed by atoms with E-state index in [9.17, 15) is 9.18 Å². The van der Waals surface area contributed by atoms with Gasteiger partial charge in [-0.2, -0.15) is 0 Å². The zero-order chi connectivity index (χ0) is 17.1. The fourth-order valence-electron chi connectivity index (χ4n) is 2.42. The average Bonchev–Trinajstić information content (AvgIpc) is 2.48. The van der Waals surface area contributed by atoms with E-state index in [1.807, 2.05) is 0 Å². The van der Waals surface area contributed by atoms with Gasteiger partial charge < -0.3 is 5.32 Å². The maximum Gasteiger partial charge on any atom is 0.260 e. The van der Waals surface area contributed by atoms with Crippen molar-refractivity contribution in [1.82, 2.24) is 4.98 Å². The first-order valence-corrected chi connectivity index (χ1v) is 7.57. The molecule has 0 aliphatic heterocycles. The molecule has 1 amide bonds. The first-order chi connectivity index (χ1) is 10.9. The zero-order valence-corrected chi connectivity index (χ0v) is 14.1. The Balaban J connectivity index is 2.45. The van der Waals surface area contributed by atoms with Crippen LogP contribution in [-0.2, 0) is 6.42 Å². The van der Waals surface area contributed by atoms with Crippen molar-refractivity contribution < 1.29 is 9.18 Å². The summed E-state index contributed by atoms with van der Waals surface area (Å²) in [6.07, 6.45) is 1.91. The number of hydrogen-bond acceptors (Lipinski definition) is 2. The summed E-state index contributed by atoms with van der Waals surface area (Å²) < 4.78 is 14.7. The number of nitrogens with one attached hydrogen (secondary N) is 1. The number of allylic oxidation sites excluding steroid dienone is 1. The van der Waals surface area contributed by atoms with Crippen molar-refractivity contribution in [3.8, 4) is 0 Å². The van der Waals surface area contributed by atoms with Gasteiger partial charge in [-0.15, -0.1) is 6.58 Å². The predicted octanol–water partition coefficient (Wildman–Crippen LogP) is 4.78. The molecule has 0 radical (unpaired) electrons. The molecule has 3 nitrogen and oxygen atoms in total. The first-order valence-electron chi connectivity index (χ1n) is 7.19. The highest BCUT2D eigenvalue weighted by Gasteiger charge is 2.21. The molecule has 2 aromatic rings. The van der Waals surface area contributed by atoms with Crippen molar-refractivity contribution in [3.05, 3.63) is 69.8 Å². The lowest BCUT2D eigenvalue weighted by Gasteiger charge is -2.14. The molecular weight excluding hydrogens is 315 g/mol. The number of carbonyl (C=O) groups is 1. The van der Waals surface area contributed by atoms with Crippen molar-refractivity contribution in [2.75, 3.05) is 5.32 Å². The number of aryl methyl sites for hydroxylation is 2. The molecule has 1 heterocycles. The minimum Gasteiger partial charge on any atom is -0.322 e. The van der Waals surface area contributed by atoms with Crippen molar-refractivity contribution >= 4 is 23.2 Å². The number of hydrogen-bond donors (Lipinski definition) is 1. The van der Waals surface area contributed by atoms with Crippen LogP contribution < -0.4 is 5.32 Å². The third-order valence-electron chi connectivity index (χ3n) is 3.71. The van der Waals surface area contributed by atoms with Crippen LogP contribution in [0.1, 0.15) is 32.9 Å². The minimum absolute atomic E-state index is 0.0492. The Morgan fingerprint density at radius 3 is 2.70 bits per heavy atom. The lowest BCUT2D eigenvalue weighted by molar-refractivity contribution is 0.102. The number of rotatable bonds is 4. The Kier molecular flexibility index (Phi) is 5.16. The van der Waals surface area contributed by atoms with Gasteiger partial charge in [0.15, 0.2) is 0 Å². The van der Waals surface area contributed by atoms with Gasteiger partial charge in [-0.1, -0.05) is 23.7 Å². The molecule has 0 spiro atoms. The highest BCUT2D eigenvalue weighted by Crippen LogP contribution is 2.25. The number of halogens is 2. The second-order valence-corrected chi connectivity index (χ2v) is 5.72. The molecule has 1 aromatic carbocycles. The van der Waals surface area contributed by atoms with Crippen LogP contribution in [0.4, 0.5) is 10.1 Å². The van der Waals surface area contributed by atoms with Crippen LogP contribution in [0.3, 0.4) is 0 Å². The summed E-state index contributed by atoms with van der Waals surface area (Å²) >= 11 is 6.04. The van der Waals surface area contributed by atoms with E-state index >= 15 is 0 Å². The molecule has 1 N–H and O–H groups in total. The Morgan fingerprint density at radius 1 is 1.35 bits per heavy atom. The normalized spacial score (nSPS) is 10.5. The van der Waals surface area contributed by atoms with E-state index in [4.69, 9.17) is 11.6 Å². The number of carbonyl (C=O) groups excluding carboxylic acids is 1. The summed E-state index contributed by atoms with van der Waals surface area (Å²) in [6.45, 7) is 8.74. The fourth-order valence-corrected chi connectivity index (χ4v) is 2.59. The number of pyridine rings is 1. The van der Waals surface area contributed by atoms with Crippen LogP contribution in [-0.4, -0.2) is 10.9 Å². The maximum atomic E-state index is 14.7. The second kappa shape index (κ2) is 6.92. The summed E-state index contributed by atoms with van der Waals surface area (Å²) in [5.41, 5.74) is 2.53. The summed E-state index contributed by atoms with van der Waals surface area (Å²) in [5.74, 6) is -1.09. The Morgan fingerprint density at radius 2 is 2.04 bits per heavy atom. The quantitative estimate of drug-likeness (QED) is 0.819. The molecule has 0 fully saturated rings. The molecule has 0 bridgehead atoms. The Labute approximate surface area is 140 Å². The molecule has 120 valence electrons. The van der Waals surface area contributed by atoms with E-state index in [1.54, 1.807) is 45.0 Å². The molecule has 0 atom stereocenters. The number of benzene rings is 1. The molecule has 0 unspecified atom stereocenters. The van der Waals surface area contributed by atoms with E-state index < -0.39 is 11.7 Å². The van der Waals surface area contributed by atoms with Gasteiger partial charge in [0.2, 0.25) is 0 Å². The van der Waals surface area contributed by atoms with Gasteiger partial charge in [0.25, 0.3) is 5.91 Å². The molecule has 5 heteroatoms. The van der Waals surface area contributed by atoms with Crippen LogP contribution in [0.25, 0.3) is 0 Å². The summed E-state index contributed by atoms with van der Waals surface area (Å²) in [7, 11) is 0. The zero-order valence-electron chi connectivity index (χ0n) is 13.3. The van der Waals surface area contributed by atoms with Gasteiger partial charge in [-0.3, -0.25) is 9.78 Å². The van der Waals surface area contributed by atoms with Gasteiger partial charge in [0, 0.05) is 22.0 Å². The lowest BCUT2D eigenvalue weighted by atomic mass is 10.0. The van der Waals surface area contributed by atoms with Crippen molar-refractivity contribution in [2.45, 2.75) is 27.2 Å². The molecule has 0 saturated heterocycles. The third-order valence-corrected chi connectivity index (χ3v) is 4.12. The third kappa shape index (κ3) is 3.42. The fraction of sp³-hybridized carbons (Fsp3) is 0.222. The largest absolute Gasteiger partial charge is 0.322 e. The highest BCUT2D eigenvalue weighted by atomic mass is 35.5. The van der Waals surface area contributed by atoms with Crippen molar-refractivity contribution in [1.29, 1.82) is 0 Å². The van der Waals surface area contributed by atoms with Crippen LogP contribution in [0.5, 0.6) is 0 Å². The molecule has 0 aliphatic rings. The van der Waals surface area contributed by atoms with E-state index in [-0.39, 0.29) is 5.56 Å². The minimum atomic E-state index is -0.549. The van der Waals surface area contributed by atoms with Crippen LogP contribution in [0.2, 0.25) is 5.02 Å². The summed E-state index contributed by atoms with van der Waals surface area (Å²) in [5, 5.41) is 3.25. The highest BCUT2D eigenvalue weighted by molar-refractivity contribution is 6.31. The van der Waals surface area contributed by atoms with E-state index in [1.165, 1.54) is 0 Å². The number of amides is 1. The summed E-state index contributed by atoms with van der Waals surface area (Å²) in [6, 6.07) is 5.18. The number of anilines is 1. The topological polar surface area (TPSA) is 42.0 Å². The van der Waals surface area contributed by atoms with E-state index in [0.29, 0.717) is 34.1 Å². The van der Waals surface area contributed by atoms with Crippen LogP contribution in [0.15, 0.2) is 30.9 Å². The molecular formula is C18H18ClFN2O. The molecule has 1 aromatic heterocycles. The smallest absolute Gasteiger partial charge is 0.260 e. The summed E-state index contributed by atoms with van der Waals surface area (Å²) in [4.78, 5) is 16.8. The molecule has 0 saturated carbocycles. The van der Waals surface area contributed by atoms with E-state index in [0.717, 1.165) is 5.56 Å². The monoisotopic (exact) mass is 332 g/mol.